The fraction of sp³-hybridized carbons (Fsp3) is 0.250. The van der Waals surface area contributed by atoms with Crippen LogP contribution in [-0.4, -0.2) is 42.1 Å². The number of likely N-dealkylation sites (N-methyl/N-ethyl adjacent to an activating group) is 1. The van der Waals surface area contributed by atoms with Gasteiger partial charge in [-0.15, -0.1) is 0 Å². The number of fused-ring (bicyclic) bond motifs is 1. The van der Waals surface area contributed by atoms with Crippen molar-refractivity contribution in [3.8, 4) is 0 Å². The van der Waals surface area contributed by atoms with Gasteiger partial charge in [0.25, 0.3) is 11.2 Å². The van der Waals surface area contributed by atoms with E-state index in [-0.39, 0.29) is 30.2 Å². The first-order valence-electron chi connectivity index (χ1n) is 7.82. The summed E-state index contributed by atoms with van der Waals surface area (Å²) in [4.78, 5) is 40.8. The molecule has 2 aromatic heterocycles. The van der Waals surface area contributed by atoms with Crippen LogP contribution in [0.2, 0.25) is 5.02 Å². The van der Waals surface area contributed by atoms with Crippen LogP contribution in [0.1, 0.15) is 5.56 Å². The second kappa shape index (κ2) is 7.16. The van der Waals surface area contributed by atoms with Gasteiger partial charge in [0.05, 0.1) is 11.1 Å². The highest BCUT2D eigenvalue weighted by Gasteiger charge is 2.16. The first-order chi connectivity index (χ1) is 12.8. The number of nitro benzene ring substituents is 1. The van der Waals surface area contributed by atoms with Crippen molar-refractivity contribution in [1.82, 2.24) is 24.2 Å². The van der Waals surface area contributed by atoms with Crippen LogP contribution in [0.3, 0.4) is 0 Å². The second-order valence-corrected chi connectivity index (χ2v) is 6.37. The summed E-state index contributed by atoms with van der Waals surface area (Å²) in [7, 11) is 3.19. The van der Waals surface area contributed by atoms with E-state index in [1.54, 1.807) is 7.05 Å². The molecule has 27 heavy (non-hydrogen) atoms. The van der Waals surface area contributed by atoms with Gasteiger partial charge in [-0.2, -0.15) is 5.10 Å². The molecular formula is C16H15ClN6O4. The first-order valence-corrected chi connectivity index (χ1v) is 8.19. The molecule has 0 aliphatic carbocycles. The van der Waals surface area contributed by atoms with Crippen LogP contribution in [0.15, 0.2) is 35.5 Å². The molecular weight excluding hydrogens is 376 g/mol. The fourth-order valence-electron chi connectivity index (χ4n) is 2.59. The fourth-order valence-corrected chi connectivity index (χ4v) is 2.76. The lowest BCUT2D eigenvalue weighted by Crippen LogP contribution is -2.33. The molecule has 0 atom stereocenters. The van der Waals surface area contributed by atoms with E-state index in [2.05, 4.69) is 10.1 Å². The lowest BCUT2D eigenvalue weighted by molar-refractivity contribution is -0.384. The molecule has 0 N–H and O–H groups in total. The molecule has 0 unspecified atom stereocenters. The highest BCUT2D eigenvalue weighted by molar-refractivity contribution is 6.31. The Labute approximate surface area is 157 Å². The molecule has 1 amide bonds. The number of carbonyl (C=O) groups is 1. The van der Waals surface area contributed by atoms with Crippen molar-refractivity contribution in [1.29, 1.82) is 0 Å². The number of rotatable bonds is 5. The van der Waals surface area contributed by atoms with Gasteiger partial charge in [0, 0.05) is 37.8 Å². The Kier molecular flexibility index (Phi) is 4.91. The van der Waals surface area contributed by atoms with Gasteiger partial charge >= 0.3 is 0 Å². The van der Waals surface area contributed by atoms with E-state index in [0.29, 0.717) is 21.6 Å². The van der Waals surface area contributed by atoms with E-state index in [0.717, 1.165) is 0 Å². The first kappa shape index (κ1) is 18.5. The molecule has 1 aromatic carbocycles. The molecule has 0 radical (unpaired) electrons. The third-order valence-electron chi connectivity index (χ3n) is 4.10. The van der Waals surface area contributed by atoms with E-state index < -0.39 is 4.92 Å². The minimum absolute atomic E-state index is 0.0661. The van der Waals surface area contributed by atoms with E-state index in [1.165, 1.54) is 51.9 Å². The predicted molar refractivity (Wildman–Crippen MR) is 97.3 cm³/mol. The molecule has 0 saturated heterocycles. The minimum Gasteiger partial charge on any atom is -0.340 e. The second-order valence-electron chi connectivity index (χ2n) is 5.97. The molecule has 3 rings (SSSR count). The van der Waals surface area contributed by atoms with Crippen molar-refractivity contribution in [3.05, 3.63) is 61.8 Å². The molecule has 11 heteroatoms. The van der Waals surface area contributed by atoms with Gasteiger partial charge in [-0.1, -0.05) is 11.6 Å². The zero-order valence-corrected chi connectivity index (χ0v) is 15.3. The SMILES string of the molecule is CN(Cc1cc([N+](=O)[O-])ccc1Cl)C(=O)Cn1cnc2c(cnn2C)c1=O. The number of halogens is 1. The third-order valence-corrected chi connectivity index (χ3v) is 4.47. The number of carbonyl (C=O) groups excluding carboxylic acids is 1. The predicted octanol–water partition coefficient (Wildman–Crippen LogP) is 1.35. The van der Waals surface area contributed by atoms with Gasteiger partial charge in [-0.25, -0.2) is 4.98 Å². The summed E-state index contributed by atoms with van der Waals surface area (Å²) < 4.78 is 2.66. The Morgan fingerprint density at radius 1 is 1.41 bits per heavy atom. The lowest BCUT2D eigenvalue weighted by Gasteiger charge is -2.18. The maximum atomic E-state index is 12.5. The van der Waals surface area contributed by atoms with Crippen LogP contribution in [0.4, 0.5) is 5.69 Å². The molecule has 0 aliphatic rings. The van der Waals surface area contributed by atoms with Gasteiger partial charge in [0.15, 0.2) is 5.65 Å². The number of hydrogen-bond donors (Lipinski definition) is 0. The van der Waals surface area contributed by atoms with Crippen molar-refractivity contribution in [2.24, 2.45) is 7.05 Å². The van der Waals surface area contributed by atoms with E-state index >= 15 is 0 Å². The monoisotopic (exact) mass is 390 g/mol. The van der Waals surface area contributed by atoms with Crippen LogP contribution in [-0.2, 0) is 24.9 Å². The maximum absolute atomic E-state index is 12.5. The van der Waals surface area contributed by atoms with Crippen molar-refractivity contribution in [3.63, 3.8) is 0 Å². The molecule has 3 aromatic rings. The number of aromatic nitrogens is 4. The Bertz CT molecular complexity index is 1110. The van der Waals surface area contributed by atoms with Gasteiger partial charge in [0.2, 0.25) is 5.91 Å². The Morgan fingerprint density at radius 3 is 2.85 bits per heavy atom. The van der Waals surface area contributed by atoms with Crippen LogP contribution < -0.4 is 5.56 Å². The smallest absolute Gasteiger partial charge is 0.269 e. The summed E-state index contributed by atoms with van der Waals surface area (Å²) in [6, 6.07) is 4.03. The molecule has 2 heterocycles. The number of amides is 1. The summed E-state index contributed by atoms with van der Waals surface area (Å²) >= 11 is 6.07. The van der Waals surface area contributed by atoms with Crippen molar-refractivity contribution in [2.75, 3.05) is 7.05 Å². The summed E-state index contributed by atoms with van der Waals surface area (Å²) in [5.74, 6) is -0.371. The van der Waals surface area contributed by atoms with E-state index in [4.69, 9.17) is 11.6 Å². The topological polar surface area (TPSA) is 116 Å². The average molecular weight is 391 g/mol. The highest BCUT2D eigenvalue weighted by atomic mass is 35.5. The van der Waals surface area contributed by atoms with E-state index in [9.17, 15) is 19.7 Å². The zero-order valence-electron chi connectivity index (χ0n) is 14.5. The quantitative estimate of drug-likeness (QED) is 0.479. The molecule has 0 spiro atoms. The number of aryl methyl sites for hydroxylation is 1. The largest absolute Gasteiger partial charge is 0.340 e. The summed E-state index contributed by atoms with van der Waals surface area (Å²) in [5, 5.41) is 15.5. The molecule has 10 nitrogen and oxygen atoms in total. The van der Waals surface area contributed by atoms with Gasteiger partial charge in [0.1, 0.15) is 18.3 Å². The number of hydrogen-bond acceptors (Lipinski definition) is 6. The van der Waals surface area contributed by atoms with Gasteiger partial charge in [-0.05, 0) is 11.6 Å². The van der Waals surface area contributed by atoms with Crippen LogP contribution in [0, 0.1) is 10.1 Å². The molecule has 0 bridgehead atoms. The Hall–Kier alpha value is -3.27. The van der Waals surface area contributed by atoms with Crippen molar-refractivity contribution >= 4 is 34.2 Å². The molecule has 0 saturated carbocycles. The molecule has 140 valence electrons. The van der Waals surface area contributed by atoms with Crippen LogP contribution in [0.5, 0.6) is 0 Å². The van der Waals surface area contributed by atoms with Crippen molar-refractivity contribution < 1.29 is 9.72 Å². The summed E-state index contributed by atoms with van der Waals surface area (Å²) in [5.41, 5.74) is 0.385. The van der Waals surface area contributed by atoms with Gasteiger partial charge in [-0.3, -0.25) is 29.0 Å². The number of benzene rings is 1. The lowest BCUT2D eigenvalue weighted by atomic mass is 10.2. The normalized spacial score (nSPS) is 10.9. The number of non-ortho nitro benzene ring substituents is 1. The zero-order chi connectivity index (χ0) is 19.7. The van der Waals surface area contributed by atoms with Crippen LogP contribution >= 0.6 is 11.6 Å². The summed E-state index contributed by atoms with van der Waals surface area (Å²) in [6.45, 7) is -0.156. The number of nitro groups is 1. The molecule has 0 fully saturated rings. The van der Waals surface area contributed by atoms with Crippen molar-refractivity contribution in [2.45, 2.75) is 13.1 Å². The Morgan fingerprint density at radius 2 is 2.15 bits per heavy atom. The number of nitrogens with zero attached hydrogens (tertiary/aromatic N) is 6. The summed E-state index contributed by atoms with van der Waals surface area (Å²) in [6.07, 6.45) is 2.69. The van der Waals surface area contributed by atoms with Gasteiger partial charge < -0.3 is 4.90 Å². The molecule has 0 aliphatic heterocycles. The third kappa shape index (κ3) is 3.65. The maximum Gasteiger partial charge on any atom is 0.269 e. The minimum atomic E-state index is -0.532. The highest BCUT2D eigenvalue weighted by Crippen LogP contribution is 2.23. The van der Waals surface area contributed by atoms with E-state index in [1.807, 2.05) is 0 Å². The van der Waals surface area contributed by atoms with Crippen LogP contribution in [0.25, 0.3) is 11.0 Å². The standard InChI is InChI=1S/C16H15ClN6O4/c1-20(7-10-5-11(23(26)27)3-4-13(10)17)14(24)8-22-9-18-15-12(16(22)25)6-19-21(15)2/h3-6,9H,7-8H2,1-2H3. The Balaban J connectivity index is 1.79. The average Bonchev–Trinajstić information content (AvgIpc) is 3.00.